The molecule has 0 radical (unpaired) electrons. The second-order valence-electron chi connectivity index (χ2n) is 16.7. The minimum absolute atomic E-state index is 0.0356. The summed E-state index contributed by atoms with van der Waals surface area (Å²) < 4.78 is 7.04. The van der Waals surface area contributed by atoms with Gasteiger partial charge in [-0.3, -0.25) is 19.2 Å². The van der Waals surface area contributed by atoms with Gasteiger partial charge in [-0.2, -0.15) is 0 Å². The van der Waals surface area contributed by atoms with E-state index in [1.807, 2.05) is 78.6 Å². The third-order valence-electron chi connectivity index (χ3n) is 12.8. The van der Waals surface area contributed by atoms with Crippen LogP contribution in [0.25, 0.3) is 0 Å². The predicted octanol–water partition coefficient (Wildman–Crippen LogP) is 5.22. The van der Waals surface area contributed by atoms with E-state index >= 15 is 4.79 Å². The summed E-state index contributed by atoms with van der Waals surface area (Å²) in [6.07, 6.45) is 4.21. The van der Waals surface area contributed by atoms with Crippen LogP contribution in [0.2, 0.25) is 0 Å². The van der Waals surface area contributed by atoms with Gasteiger partial charge in [0.15, 0.2) is 5.60 Å². The van der Waals surface area contributed by atoms with E-state index in [4.69, 9.17) is 4.74 Å². The van der Waals surface area contributed by atoms with Gasteiger partial charge in [0.25, 0.3) is 5.91 Å². The van der Waals surface area contributed by atoms with Gasteiger partial charge in [0, 0.05) is 61.2 Å². The minimum Gasteiger partial charge on any atom is -0.394 e. The molecule has 55 heavy (non-hydrogen) atoms. The molecule has 290 valence electrons. The standard InChI is InChI=1S/C44H52N4O7/c1-28-41(43(2,3)54)37(24-40(52)47-26-31-11-5-4-10-30(31)22-34(47)27-49)55-44(28)35-23-33(46-21-9-7-13-39(46)51)18-19-36(35)48(42(44)53)25-29-14-16-32(17-15-29)45-20-8-6-12-38(45)50/h4-5,10-11,14-19,23,28,34,37,41,49,54H,6-9,12-13,20-22,24-27H2,1-3H3/t28-,34+,37+,41-,44+/m1/s1. The van der Waals surface area contributed by atoms with E-state index in [1.54, 1.807) is 28.5 Å². The number of nitrogens with zero attached hydrogens (tertiary/aromatic N) is 4. The monoisotopic (exact) mass is 748 g/mol. The number of piperidine rings is 2. The molecule has 4 amide bonds. The summed E-state index contributed by atoms with van der Waals surface area (Å²) in [5.74, 6) is -1.51. The summed E-state index contributed by atoms with van der Waals surface area (Å²) in [6, 6.07) is 21.0. The van der Waals surface area contributed by atoms with Crippen molar-refractivity contribution in [1.29, 1.82) is 0 Å². The Morgan fingerprint density at radius 3 is 2.15 bits per heavy atom. The average Bonchev–Trinajstić information content (AvgIpc) is 3.60. The molecule has 11 heteroatoms. The largest absolute Gasteiger partial charge is 0.394 e. The number of fused-ring (bicyclic) bond motifs is 3. The molecule has 0 bridgehead atoms. The van der Waals surface area contributed by atoms with Gasteiger partial charge in [0.1, 0.15) is 0 Å². The van der Waals surface area contributed by atoms with Crippen molar-refractivity contribution in [1.82, 2.24) is 4.90 Å². The summed E-state index contributed by atoms with van der Waals surface area (Å²) in [7, 11) is 0. The van der Waals surface area contributed by atoms with Gasteiger partial charge in [-0.25, -0.2) is 0 Å². The first kappa shape index (κ1) is 37.3. The van der Waals surface area contributed by atoms with Crippen molar-refractivity contribution in [3.63, 3.8) is 0 Å². The first-order valence-corrected chi connectivity index (χ1v) is 19.9. The highest BCUT2D eigenvalue weighted by Crippen LogP contribution is 2.58. The lowest BCUT2D eigenvalue weighted by Crippen LogP contribution is -2.48. The van der Waals surface area contributed by atoms with Crippen LogP contribution in [0.15, 0.2) is 66.7 Å². The van der Waals surface area contributed by atoms with E-state index < -0.39 is 35.2 Å². The van der Waals surface area contributed by atoms with E-state index in [0.717, 1.165) is 48.1 Å². The minimum atomic E-state index is -1.54. The van der Waals surface area contributed by atoms with Gasteiger partial charge >= 0.3 is 0 Å². The zero-order chi connectivity index (χ0) is 38.6. The lowest BCUT2D eigenvalue weighted by Gasteiger charge is -2.38. The number of rotatable bonds is 8. The Bertz CT molecular complexity index is 1990. The van der Waals surface area contributed by atoms with Crippen LogP contribution in [-0.4, -0.2) is 76.2 Å². The first-order valence-electron chi connectivity index (χ1n) is 19.9. The van der Waals surface area contributed by atoms with Crippen molar-refractivity contribution in [2.75, 3.05) is 34.4 Å². The van der Waals surface area contributed by atoms with Gasteiger partial charge in [-0.05, 0) is 93.0 Å². The maximum absolute atomic E-state index is 15.2. The number of benzene rings is 3. The summed E-state index contributed by atoms with van der Waals surface area (Å²) in [5.41, 5.74) is 2.97. The van der Waals surface area contributed by atoms with Gasteiger partial charge in [0.2, 0.25) is 17.7 Å². The maximum Gasteiger partial charge on any atom is 0.264 e. The molecule has 5 aliphatic rings. The van der Waals surface area contributed by atoms with Gasteiger partial charge < -0.3 is 34.5 Å². The lowest BCUT2D eigenvalue weighted by atomic mass is 9.70. The fourth-order valence-electron chi connectivity index (χ4n) is 10.0. The number of amides is 4. The summed E-state index contributed by atoms with van der Waals surface area (Å²) in [5, 5.41) is 22.1. The zero-order valence-corrected chi connectivity index (χ0v) is 32.1. The number of hydrogen-bond acceptors (Lipinski definition) is 7. The number of ether oxygens (including phenoxy) is 1. The quantitative estimate of drug-likeness (QED) is 0.323. The Labute approximate surface area is 322 Å². The number of carbonyl (C=O) groups is 4. The van der Waals surface area contributed by atoms with Crippen molar-refractivity contribution in [3.05, 3.63) is 89.0 Å². The number of hydrogen-bond donors (Lipinski definition) is 2. The smallest absolute Gasteiger partial charge is 0.264 e. The predicted molar refractivity (Wildman–Crippen MR) is 208 cm³/mol. The lowest BCUT2D eigenvalue weighted by molar-refractivity contribution is -0.151. The summed E-state index contributed by atoms with van der Waals surface area (Å²) >= 11 is 0. The second-order valence-corrected chi connectivity index (χ2v) is 16.7. The van der Waals surface area contributed by atoms with Crippen LogP contribution < -0.4 is 14.7 Å². The molecular weight excluding hydrogens is 697 g/mol. The van der Waals surface area contributed by atoms with Crippen LogP contribution in [0.4, 0.5) is 17.1 Å². The van der Waals surface area contributed by atoms with Crippen LogP contribution in [0, 0.1) is 11.8 Å². The third kappa shape index (κ3) is 6.53. The SMILES string of the molecule is C[C@@H]1[C@@H](C(C)(C)O)[C@H](CC(=O)N2Cc3ccccc3C[C@H]2CO)O[C@@]12C(=O)N(Cc1ccc(N3CCCCC3=O)cc1)c1ccc(N3CCCCC3=O)cc12. The van der Waals surface area contributed by atoms with Crippen LogP contribution in [0.1, 0.15) is 88.0 Å². The average molecular weight is 749 g/mol. The number of aliphatic hydroxyl groups excluding tert-OH is 1. The molecular formula is C44H52N4O7. The molecule has 0 aromatic heterocycles. The van der Waals surface area contributed by atoms with Crippen LogP contribution in [0.3, 0.4) is 0 Å². The molecule has 5 atom stereocenters. The van der Waals surface area contributed by atoms with Gasteiger partial charge in [0.05, 0.1) is 43.0 Å². The van der Waals surface area contributed by atoms with Crippen molar-refractivity contribution in [2.45, 2.75) is 109 Å². The Hall–Kier alpha value is -4.58. The Morgan fingerprint density at radius 1 is 0.873 bits per heavy atom. The van der Waals surface area contributed by atoms with Crippen molar-refractivity contribution >= 4 is 40.7 Å². The molecule has 2 N–H and O–H groups in total. The van der Waals surface area contributed by atoms with Crippen LogP contribution >= 0.6 is 0 Å². The summed E-state index contributed by atoms with van der Waals surface area (Å²) in [4.78, 5) is 62.3. The third-order valence-corrected chi connectivity index (χ3v) is 12.8. The van der Waals surface area contributed by atoms with Crippen molar-refractivity contribution in [3.8, 4) is 0 Å². The molecule has 5 heterocycles. The molecule has 0 unspecified atom stereocenters. The Kier molecular flexibility index (Phi) is 9.84. The molecule has 3 saturated heterocycles. The molecule has 3 aromatic carbocycles. The Balaban J connectivity index is 1.15. The van der Waals surface area contributed by atoms with E-state index in [-0.39, 0.29) is 43.2 Å². The van der Waals surface area contributed by atoms with E-state index in [2.05, 4.69) is 0 Å². The molecule has 5 aliphatic heterocycles. The van der Waals surface area contributed by atoms with Crippen LogP contribution in [-0.2, 0) is 49.0 Å². The number of anilines is 3. The molecule has 1 spiro atoms. The first-order chi connectivity index (χ1) is 26.4. The highest BCUT2D eigenvalue weighted by atomic mass is 16.5. The molecule has 0 aliphatic carbocycles. The summed E-state index contributed by atoms with van der Waals surface area (Å²) in [6.45, 7) is 7.02. The van der Waals surface area contributed by atoms with E-state index in [9.17, 15) is 24.6 Å². The fourth-order valence-corrected chi connectivity index (χ4v) is 10.0. The molecule has 3 fully saturated rings. The highest BCUT2D eigenvalue weighted by molar-refractivity contribution is 6.08. The highest BCUT2D eigenvalue weighted by Gasteiger charge is 2.66. The topological polar surface area (TPSA) is 131 Å². The molecule has 11 nitrogen and oxygen atoms in total. The zero-order valence-electron chi connectivity index (χ0n) is 32.1. The maximum atomic E-state index is 15.2. The number of carbonyl (C=O) groups excluding carboxylic acids is 4. The van der Waals surface area contributed by atoms with Crippen molar-refractivity contribution in [2.24, 2.45) is 11.8 Å². The number of aliphatic hydroxyl groups is 2. The van der Waals surface area contributed by atoms with E-state index in [0.29, 0.717) is 55.8 Å². The second kappa shape index (κ2) is 14.5. The molecule has 0 saturated carbocycles. The fraction of sp³-hybridized carbons (Fsp3) is 0.500. The Morgan fingerprint density at radius 2 is 1.51 bits per heavy atom. The molecule has 3 aromatic rings. The van der Waals surface area contributed by atoms with Crippen LogP contribution in [0.5, 0.6) is 0 Å². The van der Waals surface area contributed by atoms with Crippen molar-refractivity contribution < 1.29 is 34.1 Å². The van der Waals surface area contributed by atoms with Gasteiger partial charge in [-0.1, -0.05) is 43.3 Å². The van der Waals surface area contributed by atoms with E-state index in [1.165, 1.54) is 0 Å². The molecule has 8 rings (SSSR count). The normalized spacial score (nSPS) is 26.9. The van der Waals surface area contributed by atoms with Gasteiger partial charge in [-0.15, -0.1) is 0 Å².